The molecule has 6 N–H and O–H groups in total. The summed E-state index contributed by atoms with van der Waals surface area (Å²) in [5.41, 5.74) is 12.8. The molecule has 1 saturated carbocycles. The van der Waals surface area contributed by atoms with E-state index in [0.717, 1.165) is 24.0 Å². The van der Waals surface area contributed by atoms with E-state index in [2.05, 4.69) is 10.6 Å². The second-order valence-electron chi connectivity index (χ2n) is 5.87. The Morgan fingerprint density at radius 2 is 1.91 bits per heavy atom. The molecule has 1 aliphatic carbocycles. The summed E-state index contributed by atoms with van der Waals surface area (Å²) < 4.78 is 0. The molecule has 0 heterocycles. The van der Waals surface area contributed by atoms with Crippen LogP contribution in [-0.4, -0.2) is 24.5 Å². The van der Waals surface area contributed by atoms with Crippen molar-refractivity contribution >= 4 is 24.3 Å². The molecule has 128 valence electrons. The van der Waals surface area contributed by atoms with Crippen LogP contribution in [0.4, 0.5) is 4.79 Å². The van der Waals surface area contributed by atoms with Crippen molar-refractivity contribution in [1.82, 2.24) is 10.6 Å². The van der Waals surface area contributed by atoms with E-state index < -0.39 is 12.1 Å². The lowest BCUT2D eigenvalue weighted by Crippen LogP contribution is -2.44. The second kappa shape index (κ2) is 8.74. The largest absolute Gasteiger partial charge is 0.352 e. The molecule has 0 saturated heterocycles. The highest BCUT2D eigenvalue weighted by molar-refractivity contribution is 5.85. The van der Waals surface area contributed by atoms with Gasteiger partial charge in [0.2, 0.25) is 5.91 Å². The van der Waals surface area contributed by atoms with Crippen LogP contribution >= 0.6 is 12.4 Å². The average molecular weight is 341 g/mol. The van der Waals surface area contributed by atoms with Gasteiger partial charge < -0.3 is 22.1 Å². The predicted molar refractivity (Wildman–Crippen MR) is 92.2 cm³/mol. The SMILES string of the molecule is Cc1ccccc1C(CC(=O)NC(CN)C1CC1)NC(N)=O.Cl. The van der Waals surface area contributed by atoms with Gasteiger partial charge in [-0.2, -0.15) is 0 Å². The fourth-order valence-electron chi connectivity index (χ4n) is 2.71. The Kier molecular flexibility index (Phi) is 7.32. The number of nitrogens with one attached hydrogen (secondary N) is 2. The van der Waals surface area contributed by atoms with E-state index in [1.807, 2.05) is 31.2 Å². The van der Waals surface area contributed by atoms with Crippen LogP contribution < -0.4 is 22.1 Å². The van der Waals surface area contributed by atoms with Gasteiger partial charge in [-0.3, -0.25) is 4.79 Å². The Balaban J connectivity index is 0.00000264. The van der Waals surface area contributed by atoms with Crippen LogP contribution in [-0.2, 0) is 4.79 Å². The fraction of sp³-hybridized carbons (Fsp3) is 0.500. The summed E-state index contributed by atoms with van der Waals surface area (Å²) in [6.07, 6.45) is 2.38. The third-order valence-electron chi connectivity index (χ3n) is 4.06. The molecule has 1 aromatic rings. The summed E-state index contributed by atoms with van der Waals surface area (Å²) in [5.74, 6) is 0.374. The molecule has 1 aliphatic rings. The average Bonchev–Trinajstić information content (AvgIpc) is 3.28. The number of urea groups is 1. The molecule has 0 aromatic heterocycles. The van der Waals surface area contributed by atoms with Crippen LogP contribution in [0.15, 0.2) is 24.3 Å². The van der Waals surface area contributed by atoms with Crippen LogP contribution in [0.25, 0.3) is 0 Å². The third-order valence-corrected chi connectivity index (χ3v) is 4.06. The van der Waals surface area contributed by atoms with Crippen molar-refractivity contribution in [3.8, 4) is 0 Å². The molecule has 2 unspecified atom stereocenters. The molecule has 2 atom stereocenters. The Labute approximate surface area is 142 Å². The Bertz CT molecular complexity index is 549. The summed E-state index contributed by atoms with van der Waals surface area (Å²) in [6, 6.07) is 6.58. The maximum atomic E-state index is 12.3. The van der Waals surface area contributed by atoms with Crippen molar-refractivity contribution in [2.24, 2.45) is 17.4 Å². The van der Waals surface area contributed by atoms with Crippen LogP contribution in [0.3, 0.4) is 0 Å². The monoisotopic (exact) mass is 340 g/mol. The number of hydrogen-bond acceptors (Lipinski definition) is 3. The van der Waals surface area contributed by atoms with Crippen LogP contribution in [0.2, 0.25) is 0 Å². The van der Waals surface area contributed by atoms with Gasteiger partial charge in [-0.05, 0) is 36.8 Å². The van der Waals surface area contributed by atoms with E-state index in [0.29, 0.717) is 12.5 Å². The van der Waals surface area contributed by atoms with Crippen LogP contribution in [0, 0.1) is 12.8 Å². The number of carbonyl (C=O) groups excluding carboxylic acids is 2. The number of aryl methyl sites for hydroxylation is 1. The van der Waals surface area contributed by atoms with Gasteiger partial charge in [0.15, 0.2) is 0 Å². The highest BCUT2D eigenvalue weighted by Gasteiger charge is 2.31. The van der Waals surface area contributed by atoms with Gasteiger partial charge in [0.05, 0.1) is 12.5 Å². The van der Waals surface area contributed by atoms with E-state index in [9.17, 15) is 9.59 Å². The first-order valence-electron chi connectivity index (χ1n) is 7.62. The number of nitrogens with two attached hydrogens (primary N) is 2. The van der Waals surface area contributed by atoms with Crippen molar-refractivity contribution < 1.29 is 9.59 Å². The van der Waals surface area contributed by atoms with E-state index in [-0.39, 0.29) is 30.8 Å². The van der Waals surface area contributed by atoms with Gasteiger partial charge in [0.1, 0.15) is 0 Å². The Morgan fingerprint density at radius 3 is 2.43 bits per heavy atom. The molecule has 6 nitrogen and oxygen atoms in total. The van der Waals surface area contributed by atoms with Gasteiger partial charge in [-0.1, -0.05) is 24.3 Å². The van der Waals surface area contributed by atoms with Gasteiger partial charge in [-0.25, -0.2) is 4.79 Å². The molecular weight excluding hydrogens is 316 g/mol. The van der Waals surface area contributed by atoms with Gasteiger partial charge in [0, 0.05) is 12.6 Å². The first-order valence-corrected chi connectivity index (χ1v) is 7.62. The predicted octanol–water partition coefficient (Wildman–Crippen LogP) is 1.37. The molecule has 3 amide bonds. The molecule has 1 fully saturated rings. The second-order valence-corrected chi connectivity index (χ2v) is 5.87. The number of carbonyl (C=O) groups is 2. The molecule has 0 bridgehead atoms. The zero-order chi connectivity index (χ0) is 16.1. The maximum Gasteiger partial charge on any atom is 0.312 e. The lowest BCUT2D eigenvalue weighted by Gasteiger charge is -2.22. The minimum absolute atomic E-state index is 0. The Morgan fingerprint density at radius 1 is 1.26 bits per heavy atom. The summed E-state index contributed by atoms with van der Waals surface area (Å²) in [4.78, 5) is 23.5. The van der Waals surface area contributed by atoms with E-state index >= 15 is 0 Å². The fourth-order valence-corrected chi connectivity index (χ4v) is 2.71. The molecule has 2 rings (SSSR count). The van der Waals surface area contributed by atoms with Crippen molar-refractivity contribution in [3.63, 3.8) is 0 Å². The molecule has 0 radical (unpaired) electrons. The van der Waals surface area contributed by atoms with Crippen molar-refractivity contribution in [2.75, 3.05) is 6.54 Å². The van der Waals surface area contributed by atoms with Gasteiger partial charge in [-0.15, -0.1) is 12.4 Å². The van der Waals surface area contributed by atoms with E-state index in [1.54, 1.807) is 0 Å². The summed E-state index contributed by atoms with van der Waals surface area (Å²) in [5, 5.41) is 5.62. The maximum absolute atomic E-state index is 12.3. The van der Waals surface area contributed by atoms with Gasteiger partial charge >= 0.3 is 6.03 Å². The summed E-state index contributed by atoms with van der Waals surface area (Å²) in [7, 11) is 0. The Hall–Kier alpha value is -1.79. The summed E-state index contributed by atoms with van der Waals surface area (Å²) >= 11 is 0. The minimum atomic E-state index is -0.640. The lowest BCUT2D eigenvalue weighted by atomic mass is 9.98. The zero-order valence-electron chi connectivity index (χ0n) is 13.2. The van der Waals surface area contributed by atoms with E-state index in [4.69, 9.17) is 11.5 Å². The number of halogens is 1. The van der Waals surface area contributed by atoms with Crippen LogP contribution in [0.1, 0.15) is 36.4 Å². The smallest absolute Gasteiger partial charge is 0.312 e. The highest BCUT2D eigenvalue weighted by atomic mass is 35.5. The lowest BCUT2D eigenvalue weighted by molar-refractivity contribution is -0.122. The molecular formula is C16H25ClN4O2. The zero-order valence-corrected chi connectivity index (χ0v) is 14.1. The van der Waals surface area contributed by atoms with Crippen LogP contribution in [0.5, 0.6) is 0 Å². The molecule has 0 spiro atoms. The van der Waals surface area contributed by atoms with Crippen molar-refractivity contribution in [1.29, 1.82) is 0 Å². The molecule has 23 heavy (non-hydrogen) atoms. The molecule has 1 aromatic carbocycles. The third kappa shape index (κ3) is 5.73. The van der Waals surface area contributed by atoms with Crippen molar-refractivity contribution in [3.05, 3.63) is 35.4 Å². The number of rotatable bonds is 7. The standard InChI is InChI=1S/C16H24N4O2.ClH/c1-10-4-2-3-5-12(10)13(20-16(18)22)8-15(21)19-14(9-17)11-6-7-11;/h2-5,11,13-14H,6-9,17H2,1H3,(H,19,21)(H3,18,20,22);1H. The normalized spacial score (nSPS) is 15.9. The topological polar surface area (TPSA) is 110 Å². The highest BCUT2D eigenvalue weighted by Crippen LogP contribution is 2.32. The molecule has 0 aliphatic heterocycles. The van der Waals surface area contributed by atoms with E-state index in [1.165, 1.54) is 0 Å². The summed E-state index contributed by atoms with van der Waals surface area (Å²) in [6.45, 7) is 2.38. The number of hydrogen-bond donors (Lipinski definition) is 4. The minimum Gasteiger partial charge on any atom is -0.352 e. The number of benzene rings is 1. The number of amides is 3. The first kappa shape index (κ1) is 19.3. The first-order chi connectivity index (χ1) is 10.5. The molecule has 7 heteroatoms. The van der Waals surface area contributed by atoms with Crippen molar-refractivity contribution in [2.45, 2.75) is 38.3 Å². The quantitative estimate of drug-likeness (QED) is 0.601. The van der Waals surface area contributed by atoms with Gasteiger partial charge in [0.25, 0.3) is 0 Å². The number of primary amides is 1.